The van der Waals surface area contributed by atoms with E-state index in [1.54, 1.807) is 31.9 Å². The van der Waals surface area contributed by atoms with E-state index < -0.39 is 0 Å². The smallest absolute Gasteiger partial charge is 0.271 e. The second kappa shape index (κ2) is 11.4. The van der Waals surface area contributed by atoms with Gasteiger partial charge in [0.25, 0.3) is 5.91 Å². The summed E-state index contributed by atoms with van der Waals surface area (Å²) in [4.78, 5) is 19.4. The van der Waals surface area contributed by atoms with Gasteiger partial charge in [-0.05, 0) is 35.9 Å². The van der Waals surface area contributed by atoms with Gasteiger partial charge >= 0.3 is 0 Å². The number of nitrogens with one attached hydrogen (secondary N) is 1. The van der Waals surface area contributed by atoms with Crippen LogP contribution in [0.15, 0.2) is 64.6 Å². The number of carbonyl (C=O) groups excluding carboxylic acids is 1. The van der Waals surface area contributed by atoms with Crippen LogP contribution in [0.3, 0.4) is 0 Å². The zero-order valence-electron chi connectivity index (χ0n) is 20.6. The fourth-order valence-electron chi connectivity index (χ4n) is 4.04. The van der Waals surface area contributed by atoms with E-state index in [0.29, 0.717) is 37.6 Å². The Hall–Kier alpha value is -4.02. The lowest BCUT2D eigenvalue weighted by Gasteiger charge is -2.23. The highest BCUT2D eigenvalue weighted by molar-refractivity contribution is 7.09. The molecular weight excluding hydrogens is 494 g/mol. The maximum absolute atomic E-state index is 12.6. The molecule has 1 aliphatic rings. The van der Waals surface area contributed by atoms with E-state index in [1.807, 2.05) is 42.5 Å². The molecule has 4 aromatic rings. The summed E-state index contributed by atoms with van der Waals surface area (Å²) < 4.78 is 27.3. The number of nitrogens with zero attached hydrogens (tertiary/aromatic N) is 2. The molecule has 0 unspecified atom stereocenters. The number of rotatable bonds is 11. The number of fused-ring (bicyclic) bond motifs is 1. The van der Waals surface area contributed by atoms with Crippen LogP contribution in [0, 0.1) is 0 Å². The predicted octanol–water partition coefficient (Wildman–Crippen LogP) is 4.61. The second-order valence-corrected chi connectivity index (χ2v) is 9.34. The van der Waals surface area contributed by atoms with E-state index in [4.69, 9.17) is 23.4 Å². The third-order valence-electron chi connectivity index (χ3n) is 5.88. The Kier molecular flexibility index (Phi) is 7.57. The van der Waals surface area contributed by atoms with Gasteiger partial charge in [0.2, 0.25) is 6.79 Å². The van der Waals surface area contributed by atoms with Crippen molar-refractivity contribution in [2.45, 2.75) is 26.2 Å². The first kappa shape index (κ1) is 24.7. The van der Waals surface area contributed by atoms with Crippen LogP contribution in [0.1, 0.15) is 32.4 Å². The molecule has 0 saturated heterocycles. The van der Waals surface area contributed by atoms with Crippen LogP contribution in [0.25, 0.3) is 0 Å². The van der Waals surface area contributed by atoms with Gasteiger partial charge in [0, 0.05) is 30.1 Å². The molecule has 5 rings (SSSR count). The number of amides is 1. The third kappa shape index (κ3) is 6.04. The van der Waals surface area contributed by atoms with Gasteiger partial charge in [-0.15, -0.1) is 11.3 Å². The molecule has 0 aliphatic carbocycles. The Labute approximate surface area is 218 Å². The Morgan fingerprint density at radius 3 is 2.76 bits per heavy atom. The van der Waals surface area contributed by atoms with Gasteiger partial charge in [0.1, 0.15) is 28.0 Å². The summed E-state index contributed by atoms with van der Waals surface area (Å²) in [7, 11) is 3.28. The van der Waals surface area contributed by atoms with Crippen LogP contribution >= 0.6 is 11.3 Å². The van der Waals surface area contributed by atoms with Crippen LogP contribution in [0.4, 0.5) is 0 Å². The number of aromatic nitrogens is 1. The van der Waals surface area contributed by atoms with Crippen molar-refractivity contribution < 1.29 is 28.2 Å². The van der Waals surface area contributed by atoms with Crippen molar-refractivity contribution in [3.05, 3.63) is 87.8 Å². The molecule has 9 nitrogen and oxygen atoms in total. The highest BCUT2D eigenvalue weighted by Crippen LogP contribution is 2.33. The summed E-state index contributed by atoms with van der Waals surface area (Å²) in [6.45, 7) is 2.31. The number of carbonyl (C=O) groups is 1. The SMILES string of the molecule is COc1ccc(CN(Cc2ccc3c(c2)OCO3)Cc2nc(C(=O)NCc3ccco3)cs2)c(OC)c1. The maximum atomic E-state index is 12.6. The molecule has 2 aromatic carbocycles. The van der Waals surface area contributed by atoms with Crippen molar-refractivity contribution in [3.63, 3.8) is 0 Å². The monoisotopic (exact) mass is 521 g/mol. The number of ether oxygens (including phenoxy) is 4. The van der Waals surface area contributed by atoms with Crippen LogP contribution in [-0.2, 0) is 26.2 Å². The second-order valence-electron chi connectivity index (χ2n) is 8.40. The molecule has 0 bridgehead atoms. The van der Waals surface area contributed by atoms with Gasteiger partial charge in [0.15, 0.2) is 11.5 Å². The first-order chi connectivity index (χ1) is 18.1. The van der Waals surface area contributed by atoms with E-state index >= 15 is 0 Å². The lowest BCUT2D eigenvalue weighted by molar-refractivity contribution is 0.0943. The minimum atomic E-state index is -0.238. The van der Waals surface area contributed by atoms with Crippen LogP contribution in [0.2, 0.25) is 0 Å². The standard InChI is InChI=1S/C27H27N3O6S/c1-32-20-7-6-19(24(11-20)33-2)14-30(13-18-5-8-23-25(10-18)36-17-35-23)15-26-29-22(16-37-26)27(31)28-12-21-4-3-9-34-21/h3-11,16H,12-15,17H2,1-2H3,(H,28,31). The number of methoxy groups -OCH3 is 2. The molecule has 1 N–H and O–H groups in total. The lowest BCUT2D eigenvalue weighted by Crippen LogP contribution is -2.24. The average molecular weight is 522 g/mol. The normalized spacial score (nSPS) is 12.1. The van der Waals surface area contributed by atoms with Gasteiger partial charge in [0.05, 0.1) is 33.6 Å². The minimum absolute atomic E-state index is 0.232. The van der Waals surface area contributed by atoms with Crippen molar-refractivity contribution in [2.24, 2.45) is 0 Å². The topological polar surface area (TPSA) is 95.3 Å². The molecule has 1 aliphatic heterocycles. The molecule has 192 valence electrons. The van der Waals surface area contributed by atoms with E-state index in [1.165, 1.54) is 11.3 Å². The molecule has 2 aromatic heterocycles. The predicted molar refractivity (Wildman–Crippen MR) is 137 cm³/mol. The Morgan fingerprint density at radius 1 is 1.05 bits per heavy atom. The Bertz CT molecular complexity index is 1350. The molecule has 0 saturated carbocycles. The molecule has 0 atom stereocenters. The fourth-order valence-corrected chi connectivity index (χ4v) is 4.85. The largest absolute Gasteiger partial charge is 0.497 e. The average Bonchev–Trinajstić information content (AvgIpc) is 3.69. The number of benzene rings is 2. The van der Waals surface area contributed by atoms with Gasteiger partial charge in [-0.2, -0.15) is 0 Å². The van der Waals surface area contributed by atoms with Crippen LogP contribution in [0.5, 0.6) is 23.0 Å². The molecular formula is C27H27N3O6S. The van der Waals surface area contributed by atoms with Gasteiger partial charge < -0.3 is 28.7 Å². The van der Waals surface area contributed by atoms with Crippen LogP contribution < -0.4 is 24.3 Å². The van der Waals surface area contributed by atoms with Gasteiger partial charge in [-0.3, -0.25) is 9.69 Å². The summed E-state index contributed by atoms with van der Waals surface area (Å²) in [5.41, 5.74) is 2.47. The molecule has 0 spiro atoms. The highest BCUT2D eigenvalue weighted by Gasteiger charge is 2.19. The highest BCUT2D eigenvalue weighted by atomic mass is 32.1. The molecule has 0 fully saturated rings. The fraction of sp³-hybridized carbons (Fsp3) is 0.259. The van der Waals surface area contributed by atoms with Crippen molar-refractivity contribution in [1.82, 2.24) is 15.2 Å². The van der Waals surface area contributed by atoms with Crippen molar-refractivity contribution in [3.8, 4) is 23.0 Å². The van der Waals surface area contributed by atoms with Crippen LogP contribution in [-0.4, -0.2) is 36.8 Å². The summed E-state index contributed by atoms with van der Waals surface area (Å²) in [6, 6.07) is 15.3. The summed E-state index contributed by atoms with van der Waals surface area (Å²) in [5.74, 6) is 3.41. The Balaban J connectivity index is 1.33. The van der Waals surface area contributed by atoms with E-state index in [0.717, 1.165) is 39.1 Å². The summed E-state index contributed by atoms with van der Waals surface area (Å²) in [6.07, 6.45) is 1.58. The molecule has 1 amide bonds. The lowest BCUT2D eigenvalue weighted by atomic mass is 10.1. The van der Waals surface area contributed by atoms with Gasteiger partial charge in [-0.1, -0.05) is 12.1 Å². The quantitative estimate of drug-likeness (QED) is 0.306. The zero-order valence-corrected chi connectivity index (χ0v) is 21.4. The zero-order chi connectivity index (χ0) is 25.6. The number of hydrogen-bond donors (Lipinski definition) is 1. The number of hydrogen-bond acceptors (Lipinski definition) is 9. The molecule has 10 heteroatoms. The number of thiazole rings is 1. The Morgan fingerprint density at radius 2 is 1.95 bits per heavy atom. The third-order valence-corrected chi connectivity index (χ3v) is 6.71. The van der Waals surface area contributed by atoms with E-state index in [2.05, 4.69) is 15.2 Å². The molecule has 0 radical (unpaired) electrons. The van der Waals surface area contributed by atoms with E-state index in [-0.39, 0.29) is 12.7 Å². The van der Waals surface area contributed by atoms with Crippen molar-refractivity contribution in [2.75, 3.05) is 21.0 Å². The first-order valence-corrected chi connectivity index (χ1v) is 12.6. The van der Waals surface area contributed by atoms with E-state index in [9.17, 15) is 4.79 Å². The van der Waals surface area contributed by atoms with Gasteiger partial charge in [-0.25, -0.2) is 4.98 Å². The maximum Gasteiger partial charge on any atom is 0.271 e. The summed E-state index contributed by atoms with van der Waals surface area (Å²) in [5, 5.41) is 5.45. The van der Waals surface area contributed by atoms with Crippen molar-refractivity contribution >= 4 is 17.2 Å². The molecule has 3 heterocycles. The molecule has 37 heavy (non-hydrogen) atoms. The minimum Gasteiger partial charge on any atom is -0.497 e. The number of furan rings is 1. The first-order valence-electron chi connectivity index (χ1n) is 11.7. The summed E-state index contributed by atoms with van der Waals surface area (Å²) >= 11 is 1.45. The van der Waals surface area contributed by atoms with Crippen molar-refractivity contribution in [1.29, 1.82) is 0 Å².